The van der Waals surface area contributed by atoms with Gasteiger partial charge in [-0.25, -0.2) is 0 Å². The molecule has 7 atom stereocenters. The van der Waals surface area contributed by atoms with Crippen molar-refractivity contribution < 1.29 is 13.2 Å². The largest absolute Gasteiger partial charge is 0.391 e. The van der Waals surface area contributed by atoms with E-state index in [0.29, 0.717) is 30.1 Å². The van der Waals surface area contributed by atoms with Crippen LogP contribution in [0.2, 0.25) is 0 Å². The molecule has 0 bridgehead atoms. The molecular formula is C19H29F3. The molecule has 4 saturated carbocycles. The second-order valence-electron chi connectivity index (χ2n) is 9.07. The molecule has 0 heterocycles. The van der Waals surface area contributed by atoms with Gasteiger partial charge in [-0.15, -0.1) is 0 Å². The molecule has 0 nitrogen and oxygen atoms in total. The van der Waals surface area contributed by atoms with Crippen molar-refractivity contribution in [3.8, 4) is 0 Å². The Morgan fingerprint density at radius 2 is 1.59 bits per heavy atom. The van der Waals surface area contributed by atoms with Crippen molar-refractivity contribution in [1.29, 1.82) is 0 Å². The fourth-order valence-corrected chi connectivity index (χ4v) is 7.14. The molecule has 3 heteroatoms. The van der Waals surface area contributed by atoms with Crippen molar-refractivity contribution in [3.63, 3.8) is 0 Å². The highest BCUT2D eigenvalue weighted by atomic mass is 19.4. The van der Waals surface area contributed by atoms with Crippen molar-refractivity contribution in [1.82, 2.24) is 0 Å². The summed E-state index contributed by atoms with van der Waals surface area (Å²) in [5.41, 5.74) is 0.567. The number of alkyl halides is 3. The Labute approximate surface area is 132 Å². The molecule has 0 aromatic carbocycles. The van der Waals surface area contributed by atoms with E-state index in [9.17, 15) is 13.2 Å². The van der Waals surface area contributed by atoms with Crippen LogP contribution < -0.4 is 0 Å². The summed E-state index contributed by atoms with van der Waals surface area (Å²) in [5.74, 6) is 2.45. The monoisotopic (exact) mass is 314 g/mol. The highest BCUT2D eigenvalue weighted by Crippen LogP contribution is 2.63. The lowest BCUT2D eigenvalue weighted by Crippen LogP contribution is -2.48. The third-order valence-corrected chi connectivity index (χ3v) is 8.20. The SMILES string of the molecule is CC12CCCC1C1CCC3CC(C(F)(F)F)CCC3C1CC2. The molecule has 7 unspecified atom stereocenters. The van der Waals surface area contributed by atoms with Gasteiger partial charge in [-0.1, -0.05) is 13.3 Å². The van der Waals surface area contributed by atoms with E-state index >= 15 is 0 Å². The summed E-state index contributed by atoms with van der Waals surface area (Å²) < 4.78 is 39.2. The van der Waals surface area contributed by atoms with Crippen molar-refractivity contribution in [2.75, 3.05) is 0 Å². The van der Waals surface area contributed by atoms with Crippen LogP contribution in [0.5, 0.6) is 0 Å². The van der Waals surface area contributed by atoms with Crippen LogP contribution in [0.1, 0.15) is 71.1 Å². The second kappa shape index (κ2) is 5.14. The Balaban J connectivity index is 1.50. The lowest BCUT2D eigenvalue weighted by atomic mass is 9.50. The fraction of sp³-hybridized carbons (Fsp3) is 1.00. The van der Waals surface area contributed by atoms with Gasteiger partial charge in [-0.2, -0.15) is 13.2 Å². The average Bonchev–Trinajstić information content (AvgIpc) is 2.87. The quantitative estimate of drug-likeness (QED) is 0.499. The van der Waals surface area contributed by atoms with E-state index in [-0.39, 0.29) is 0 Å². The molecule has 4 aliphatic rings. The Morgan fingerprint density at radius 3 is 2.36 bits per heavy atom. The maximum atomic E-state index is 13.1. The molecular weight excluding hydrogens is 285 g/mol. The normalized spacial score (nSPS) is 51.8. The van der Waals surface area contributed by atoms with Gasteiger partial charge in [0.05, 0.1) is 5.92 Å². The minimum atomic E-state index is -3.96. The van der Waals surface area contributed by atoms with Crippen molar-refractivity contribution in [3.05, 3.63) is 0 Å². The van der Waals surface area contributed by atoms with E-state index in [0.717, 1.165) is 30.6 Å². The number of fused-ring (bicyclic) bond motifs is 5. The van der Waals surface area contributed by atoms with E-state index < -0.39 is 12.1 Å². The first-order valence-electron chi connectivity index (χ1n) is 9.45. The second-order valence-corrected chi connectivity index (χ2v) is 9.07. The summed E-state index contributed by atoms with van der Waals surface area (Å²) >= 11 is 0. The van der Waals surface area contributed by atoms with Gasteiger partial charge in [-0.05, 0) is 92.8 Å². The fourth-order valence-electron chi connectivity index (χ4n) is 7.14. The zero-order chi connectivity index (χ0) is 15.5. The van der Waals surface area contributed by atoms with Crippen LogP contribution in [0, 0.1) is 40.9 Å². The first-order valence-corrected chi connectivity index (χ1v) is 9.45. The Morgan fingerprint density at radius 1 is 0.818 bits per heavy atom. The minimum Gasteiger partial charge on any atom is -0.171 e. The number of rotatable bonds is 0. The summed E-state index contributed by atoms with van der Waals surface area (Å²) in [4.78, 5) is 0. The van der Waals surface area contributed by atoms with Gasteiger partial charge in [0, 0.05) is 0 Å². The van der Waals surface area contributed by atoms with Crippen LogP contribution in [0.3, 0.4) is 0 Å². The molecule has 0 spiro atoms. The van der Waals surface area contributed by atoms with Crippen molar-refractivity contribution in [2.24, 2.45) is 40.9 Å². The van der Waals surface area contributed by atoms with Crippen LogP contribution in [-0.4, -0.2) is 6.18 Å². The van der Waals surface area contributed by atoms with Gasteiger partial charge in [0.2, 0.25) is 0 Å². The Bertz CT molecular complexity index is 429. The van der Waals surface area contributed by atoms with E-state index in [1.165, 1.54) is 38.5 Å². The first-order chi connectivity index (χ1) is 10.4. The first kappa shape index (κ1) is 15.3. The van der Waals surface area contributed by atoms with Gasteiger partial charge >= 0.3 is 6.18 Å². The lowest BCUT2D eigenvalue weighted by molar-refractivity contribution is -0.195. The highest BCUT2D eigenvalue weighted by Gasteiger charge is 2.55. The Hall–Kier alpha value is -0.210. The molecule has 0 amide bonds. The summed E-state index contributed by atoms with van der Waals surface area (Å²) in [6.45, 7) is 2.49. The van der Waals surface area contributed by atoms with Crippen LogP contribution in [0.25, 0.3) is 0 Å². The summed E-state index contributed by atoms with van der Waals surface area (Å²) in [6.07, 6.45) is 6.81. The average molecular weight is 314 g/mol. The maximum absolute atomic E-state index is 13.1. The molecule has 0 N–H and O–H groups in total. The van der Waals surface area contributed by atoms with Crippen molar-refractivity contribution in [2.45, 2.75) is 77.3 Å². The zero-order valence-corrected chi connectivity index (χ0v) is 13.7. The molecule has 0 aliphatic heterocycles. The third-order valence-electron chi connectivity index (χ3n) is 8.20. The van der Waals surface area contributed by atoms with E-state index in [2.05, 4.69) is 6.92 Å². The molecule has 4 rings (SSSR count). The molecule has 4 aliphatic carbocycles. The van der Waals surface area contributed by atoms with Crippen LogP contribution in [-0.2, 0) is 0 Å². The lowest BCUT2D eigenvalue weighted by Gasteiger charge is -2.55. The smallest absolute Gasteiger partial charge is 0.171 e. The van der Waals surface area contributed by atoms with E-state index in [1.807, 2.05) is 0 Å². The molecule has 4 fully saturated rings. The van der Waals surface area contributed by atoms with Crippen LogP contribution in [0.15, 0.2) is 0 Å². The molecule has 22 heavy (non-hydrogen) atoms. The van der Waals surface area contributed by atoms with Crippen LogP contribution in [0.4, 0.5) is 13.2 Å². The highest BCUT2D eigenvalue weighted by molar-refractivity contribution is 5.03. The van der Waals surface area contributed by atoms with Crippen molar-refractivity contribution >= 4 is 0 Å². The van der Waals surface area contributed by atoms with Gasteiger partial charge in [0.15, 0.2) is 0 Å². The predicted molar refractivity (Wildman–Crippen MR) is 81.3 cm³/mol. The summed E-state index contributed by atoms with van der Waals surface area (Å²) in [5, 5.41) is 0. The zero-order valence-electron chi connectivity index (χ0n) is 13.7. The molecule has 0 aromatic heterocycles. The number of hydrogen-bond acceptors (Lipinski definition) is 0. The predicted octanol–water partition coefficient (Wildman–Crippen LogP) is 6.21. The van der Waals surface area contributed by atoms with Gasteiger partial charge < -0.3 is 0 Å². The molecule has 0 aromatic rings. The van der Waals surface area contributed by atoms with E-state index in [1.54, 1.807) is 0 Å². The van der Waals surface area contributed by atoms with Gasteiger partial charge in [-0.3, -0.25) is 0 Å². The molecule has 0 saturated heterocycles. The summed E-state index contributed by atoms with van der Waals surface area (Å²) in [6, 6.07) is 0. The maximum Gasteiger partial charge on any atom is 0.391 e. The topological polar surface area (TPSA) is 0 Å². The van der Waals surface area contributed by atoms with Crippen LogP contribution >= 0.6 is 0 Å². The Kier molecular flexibility index (Phi) is 3.58. The standard InChI is InChI=1S/C19H29F3/c1-18-9-2-3-17(18)16-6-4-12-11-13(19(20,21)22)5-7-14(12)15(16)8-10-18/h12-17H,2-11H2,1H3. The minimum absolute atomic E-state index is 0.368. The molecule has 126 valence electrons. The number of hydrogen-bond donors (Lipinski definition) is 0. The van der Waals surface area contributed by atoms with E-state index in [4.69, 9.17) is 0 Å². The summed E-state index contributed by atoms with van der Waals surface area (Å²) in [7, 11) is 0. The third kappa shape index (κ3) is 2.33. The van der Waals surface area contributed by atoms with Gasteiger partial charge in [0.1, 0.15) is 0 Å². The molecule has 0 radical (unpaired) electrons. The van der Waals surface area contributed by atoms with Gasteiger partial charge in [0.25, 0.3) is 0 Å². The number of halogens is 3.